The first kappa shape index (κ1) is 12.0. The average Bonchev–Trinajstić information content (AvgIpc) is 2.28. The number of rotatable bonds is 3. The lowest BCUT2D eigenvalue weighted by Gasteiger charge is -2.46. The number of nitrogens with zero attached hydrogens (tertiary/aromatic N) is 2. The Kier molecular flexibility index (Phi) is 3.14. The summed E-state index contributed by atoms with van der Waals surface area (Å²) in [5.74, 6) is -0.390. The number of aliphatic hydroxyl groups is 1. The van der Waals surface area contributed by atoms with E-state index in [2.05, 4.69) is 4.90 Å². The Morgan fingerprint density at radius 3 is 2.82 bits per heavy atom. The van der Waals surface area contributed by atoms with Gasteiger partial charge in [0.05, 0.1) is 17.2 Å². The molecule has 1 aliphatic heterocycles. The second kappa shape index (κ2) is 4.44. The first-order chi connectivity index (χ1) is 8.06. The smallest absolute Gasteiger partial charge is 0.124 e. The maximum Gasteiger partial charge on any atom is 0.124 e. The topological polar surface area (TPSA) is 47.3 Å². The van der Waals surface area contributed by atoms with Gasteiger partial charge < -0.3 is 5.11 Å². The highest BCUT2D eigenvalue weighted by Gasteiger charge is 2.39. The number of hydrogen-bond donors (Lipinski definition) is 1. The van der Waals surface area contributed by atoms with E-state index in [4.69, 9.17) is 5.26 Å². The van der Waals surface area contributed by atoms with Gasteiger partial charge in [0, 0.05) is 19.6 Å². The zero-order chi connectivity index (χ0) is 12.5. The molecular formula is C13H15FN2O. The van der Waals surface area contributed by atoms with Gasteiger partial charge in [-0.3, -0.25) is 4.90 Å². The van der Waals surface area contributed by atoms with Crippen molar-refractivity contribution in [3.05, 3.63) is 35.1 Å². The van der Waals surface area contributed by atoms with E-state index >= 15 is 0 Å². The van der Waals surface area contributed by atoms with Crippen molar-refractivity contribution in [3.63, 3.8) is 0 Å². The SMILES string of the molecule is CCC1(O)CN(Cc2ccc(F)cc2C#N)C1. The molecule has 1 fully saturated rings. The van der Waals surface area contributed by atoms with Crippen LogP contribution in [0.15, 0.2) is 18.2 Å². The summed E-state index contributed by atoms with van der Waals surface area (Å²) < 4.78 is 12.9. The molecule has 2 rings (SSSR count). The minimum atomic E-state index is -0.577. The van der Waals surface area contributed by atoms with E-state index in [1.165, 1.54) is 12.1 Å². The van der Waals surface area contributed by atoms with Gasteiger partial charge in [-0.25, -0.2) is 4.39 Å². The summed E-state index contributed by atoms with van der Waals surface area (Å²) in [4.78, 5) is 2.05. The zero-order valence-corrected chi connectivity index (χ0v) is 9.78. The molecule has 1 aliphatic rings. The Hall–Kier alpha value is -1.44. The molecule has 0 unspecified atom stereocenters. The van der Waals surface area contributed by atoms with Crippen molar-refractivity contribution in [2.75, 3.05) is 13.1 Å². The van der Waals surface area contributed by atoms with Gasteiger partial charge in [-0.05, 0) is 24.1 Å². The fourth-order valence-electron chi connectivity index (χ4n) is 2.15. The van der Waals surface area contributed by atoms with Crippen molar-refractivity contribution in [2.45, 2.75) is 25.5 Å². The summed E-state index contributed by atoms with van der Waals surface area (Å²) in [6.07, 6.45) is 0.734. The normalized spacial score (nSPS) is 18.5. The Balaban J connectivity index is 2.04. The van der Waals surface area contributed by atoms with Gasteiger partial charge in [-0.1, -0.05) is 13.0 Å². The Morgan fingerprint density at radius 1 is 1.53 bits per heavy atom. The summed E-state index contributed by atoms with van der Waals surface area (Å²) in [7, 11) is 0. The lowest BCUT2D eigenvalue weighted by Crippen LogP contribution is -2.60. The fourth-order valence-corrected chi connectivity index (χ4v) is 2.15. The molecule has 0 aromatic heterocycles. The number of nitriles is 1. The van der Waals surface area contributed by atoms with E-state index in [1.54, 1.807) is 6.07 Å². The maximum atomic E-state index is 12.9. The van der Waals surface area contributed by atoms with E-state index in [0.717, 1.165) is 12.0 Å². The molecule has 1 N–H and O–H groups in total. The van der Waals surface area contributed by atoms with Crippen LogP contribution in [0.4, 0.5) is 4.39 Å². The molecule has 1 saturated heterocycles. The third kappa shape index (κ3) is 2.46. The molecule has 0 bridgehead atoms. The van der Waals surface area contributed by atoms with Crippen molar-refractivity contribution >= 4 is 0 Å². The van der Waals surface area contributed by atoms with Crippen molar-refractivity contribution < 1.29 is 9.50 Å². The predicted molar refractivity (Wildman–Crippen MR) is 61.6 cm³/mol. The lowest BCUT2D eigenvalue weighted by atomic mass is 9.90. The second-order valence-corrected chi connectivity index (χ2v) is 4.64. The molecule has 0 amide bonds. The summed E-state index contributed by atoms with van der Waals surface area (Å²) in [6, 6.07) is 6.25. The molecule has 0 atom stereocenters. The number of β-amino-alcohol motifs (C(OH)–C–C–N with tert-alkyl or cyclic N) is 1. The van der Waals surface area contributed by atoms with Gasteiger partial charge in [-0.2, -0.15) is 5.26 Å². The molecule has 0 spiro atoms. The molecule has 4 heteroatoms. The van der Waals surface area contributed by atoms with E-state index in [9.17, 15) is 9.50 Å². The van der Waals surface area contributed by atoms with E-state index in [0.29, 0.717) is 25.2 Å². The third-order valence-corrected chi connectivity index (χ3v) is 3.28. The minimum absolute atomic E-state index is 0.372. The third-order valence-electron chi connectivity index (χ3n) is 3.28. The quantitative estimate of drug-likeness (QED) is 0.865. The monoisotopic (exact) mass is 234 g/mol. The van der Waals surface area contributed by atoms with Crippen LogP contribution >= 0.6 is 0 Å². The molecule has 1 aromatic carbocycles. The Morgan fingerprint density at radius 2 is 2.24 bits per heavy atom. The van der Waals surface area contributed by atoms with Crippen LogP contribution in [0.25, 0.3) is 0 Å². The van der Waals surface area contributed by atoms with E-state index in [1.807, 2.05) is 13.0 Å². The minimum Gasteiger partial charge on any atom is -0.387 e. The maximum absolute atomic E-state index is 12.9. The first-order valence-corrected chi connectivity index (χ1v) is 5.69. The van der Waals surface area contributed by atoms with Crippen LogP contribution in [0, 0.1) is 17.1 Å². The highest BCUT2D eigenvalue weighted by molar-refractivity contribution is 5.38. The number of halogens is 1. The first-order valence-electron chi connectivity index (χ1n) is 5.69. The Labute approximate surface area is 100 Å². The van der Waals surface area contributed by atoms with Crippen LogP contribution in [0.3, 0.4) is 0 Å². The van der Waals surface area contributed by atoms with E-state index < -0.39 is 5.60 Å². The van der Waals surface area contributed by atoms with Gasteiger partial charge in [-0.15, -0.1) is 0 Å². The van der Waals surface area contributed by atoms with Crippen LogP contribution < -0.4 is 0 Å². The van der Waals surface area contributed by atoms with Gasteiger partial charge >= 0.3 is 0 Å². The van der Waals surface area contributed by atoms with Crippen LogP contribution in [-0.2, 0) is 6.54 Å². The lowest BCUT2D eigenvalue weighted by molar-refractivity contribution is -0.103. The number of benzene rings is 1. The number of likely N-dealkylation sites (tertiary alicyclic amines) is 1. The molecule has 0 radical (unpaired) electrons. The zero-order valence-electron chi connectivity index (χ0n) is 9.78. The molecule has 1 heterocycles. The highest BCUT2D eigenvalue weighted by Crippen LogP contribution is 2.26. The van der Waals surface area contributed by atoms with Crippen molar-refractivity contribution in [1.82, 2.24) is 4.90 Å². The van der Waals surface area contributed by atoms with Crippen LogP contribution in [-0.4, -0.2) is 28.7 Å². The molecule has 17 heavy (non-hydrogen) atoms. The molecule has 1 aromatic rings. The summed E-state index contributed by atoms with van der Waals surface area (Å²) in [5.41, 5.74) is 0.608. The Bertz CT molecular complexity index is 461. The van der Waals surface area contributed by atoms with E-state index in [-0.39, 0.29) is 5.82 Å². The van der Waals surface area contributed by atoms with Crippen molar-refractivity contribution in [3.8, 4) is 6.07 Å². The highest BCUT2D eigenvalue weighted by atomic mass is 19.1. The summed E-state index contributed by atoms with van der Waals surface area (Å²) in [6.45, 7) is 3.78. The van der Waals surface area contributed by atoms with Crippen LogP contribution in [0.2, 0.25) is 0 Å². The number of hydrogen-bond acceptors (Lipinski definition) is 3. The van der Waals surface area contributed by atoms with Gasteiger partial charge in [0.1, 0.15) is 5.82 Å². The second-order valence-electron chi connectivity index (χ2n) is 4.64. The fraction of sp³-hybridized carbons (Fsp3) is 0.462. The van der Waals surface area contributed by atoms with Crippen LogP contribution in [0.1, 0.15) is 24.5 Å². The molecular weight excluding hydrogens is 219 g/mol. The molecule has 0 saturated carbocycles. The summed E-state index contributed by atoms with van der Waals surface area (Å²) >= 11 is 0. The average molecular weight is 234 g/mol. The largest absolute Gasteiger partial charge is 0.387 e. The van der Waals surface area contributed by atoms with Gasteiger partial charge in [0.2, 0.25) is 0 Å². The van der Waals surface area contributed by atoms with Crippen molar-refractivity contribution in [1.29, 1.82) is 5.26 Å². The van der Waals surface area contributed by atoms with Gasteiger partial charge in [0.15, 0.2) is 0 Å². The van der Waals surface area contributed by atoms with Gasteiger partial charge in [0.25, 0.3) is 0 Å². The molecule has 0 aliphatic carbocycles. The standard InChI is InChI=1S/C13H15FN2O/c1-2-13(17)8-16(9-13)7-10-3-4-12(14)5-11(10)6-15/h3-5,17H,2,7-9H2,1H3. The molecule has 90 valence electrons. The van der Waals surface area contributed by atoms with Crippen LogP contribution in [0.5, 0.6) is 0 Å². The van der Waals surface area contributed by atoms with Crippen molar-refractivity contribution in [2.24, 2.45) is 0 Å². The predicted octanol–water partition coefficient (Wildman–Crippen LogP) is 1.65. The molecule has 3 nitrogen and oxygen atoms in total. The summed E-state index contributed by atoms with van der Waals surface area (Å²) in [5, 5.41) is 18.8.